The lowest BCUT2D eigenvalue weighted by Gasteiger charge is -2.50. The van der Waals surface area contributed by atoms with Crippen LogP contribution in [0, 0.1) is 0 Å². The number of hydrogen-bond acceptors (Lipinski definition) is 7. The van der Waals surface area contributed by atoms with Gasteiger partial charge in [0.05, 0.1) is 25.3 Å². The molecule has 3 rings (SSSR count). The van der Waals surface area contributed by atoms with Crippen LogP contribution in [-0.4, -0.2) is 69.4 Å². The van der Waals surface area contributed by atoms with Crippen molar-refractivity contribution < 1.29 is 32.3 Å². The highest BCUT2D eigenvalue weighted by molar-refractivity contribution is 7.81. The molecule has 1 aromatic carbocycles. The van der Waals surface area contributed by atoms with Gasteiger partial charge in [-0.15, -0.1) is 0 Å². The molecule has 0 N–H and O–H groups in total. The highest BCUT2D eigenvalue weighted by atomic mass is 32.2. The van der Waals surface area contributed by atoms with Crippen LogP contribution in [0.25, 0.3) is 0 Å². The van der Waals surface area contributed by atoms with Crippen LogP contribution >= 0.6 is 0 Å². The summed E-state index contributed by atoms with van der Waals surface area (Å²) in [5, 5.41) is -1.24. The lowest BCUT2D eigenvalue weighted by atomic mass is 9.98. The van der Waals surface area contributed by atoms with Crippen LogP contribution in [0.5, 0.6) is 0 Å². The molecule has 1 saturated heterocycles. The molecule has 0 spiro atoms. The molecule has 9 nitrogen and oxygen atoms in total. The second-order valence-corrected chi connectivity index (χ2v) is 7.64. The number of carbonyl (C=O) groups is 4. The highest BCUT2D eigenvalue weighted by Gasteiger charge is 2.62. The molecular formula is C18H18N2O7S. The minimum atomic E-state index is -2.10. The van der Waals surface area contributed by atoms with Gasteiger partial charge < -0.3 is 9.64 Å². The molecule has 0 bridgehead atoms. The van der Waals surface area contributed by atoms with E-state index in [9.17, 15) is 23.4 Å². The number of carbonyl (C=O) groups excluding carboxylic acids is 4. The molecule has 2 unspecified atom stereocenters. The number of likely N-dealkylation sites (tertiary alicyclic amines) is 1. The Bertz CT molecular complexity index is 893. The Labute approximate surface area is 163 Å². The average molecular weight is 406 g/mol. The van der Waals surface area contributed by atoms with Gasteiger partial charge >= 0.3 is 5.97 Å². The third-order valence-electron chi connectivity index (χ3n) is 4.69. The van der Waals surface area contributed by atoms with E-state index in [1.165, 1.54) is 19.1 Å². The lowest BCUT2D eigenvalue weighted by molar-refractivity contribution is -0.163. The van der Waals surface area contributed by atoms with Crippen molar-refractivity contribution in [1.82, 2.24) is 9.80 Å². The van der Waals surface area contributed by atoms with E-state index in [1.54, 1.807) is 12.1 Å². The van der Waals surface area contributed by atoms with Gasteiger partial charge in [-0.2, -0.15) is 0 Å². The molecule has 28 heavy (non-hydrogen) atoms. The summed E-state index contributed by atoms with van der Waals surface area (Å²) < 4.78 is 22.1. The van der Waals surface area contributed by atoms with Gasteiger partial charge in [-0.1, -0.05) is 18.7 Å². The Kier molecular flexibility index (Phi) is 5.18. The summed E-state index contributed by atoms with van der Waals surface area (Å²) in [4.78, 5) is 52.3. The van der Waals surface area contributed by atoms with E-state index in [4.69, 9.17) is 8.92 Å². The fourth-order valence-corrected chi connectivity index (χ4v) is 4.46. The standard InChI is InChI=1S/C18H18N2O7S/c1-9(2)12(18(24)26-3)20-16(23)13(17(20)28(25)27-4)19-14(21)10-7-5-6-8-11(10)15(19)22/h5-8,12-13,17H,1H2,2-4H3/t12?,13-,17-,28?/m1/s1. The SMILES string of the molecule is C=C(C)C(C(=O)OC)N1C(=O)[C@@H](N2C(=O)c3ccccc3C2=O)[C@H]1S(=O)OC. The third-order valence-corrected chi connectivity index (χ3v) is 5.89. The zero-order valence-electron chi connectivity index (χ0n) is 15.4. The summed E-state index contributed by atoms with van der Waals surface area (Å²) in [6.07, 6.45) is 0. The number of methoxy groups -OCH3 is 1. The van der Waals surface area contributed by atoms with Crippen LogP contribution in [0.15, 0.2) is 36.4 Å². The number of benzene rings is 1. The molecule has 1 aromatic rings. The van der Waals surface area contributed by atoms with Crippen LogP contribution in [0.1, 0.15) is 27.6 Å². The number of imide groups is 1. The summed E-state index contributed by atoms with van der Waals surface area (Å²) in [7, 11) is 2.30. The first-order valence-electron chi connectivity index (χ1n) is 8.23. The maximum atomic E-state index is 12.9. The maximum Gasteiger partial charge on any atom is 0.332 e. The van der Waals surface area contributed by atoms with Crippen LogP contribution in [0.3, 0.4) is 0 Å². The van der Waals surface area contributed by atoms with Gasteiger partial charge in [0.2, 0.25) is 0 Å². The number of rotatable bonds is 6. The van der Waals surface area contributed by atoms with Crippen molar-refractivity contribution in [3.63, 3.8) is 0 Å². The average Bonchev–Trinajstić information content (AvgIpc) is 2.93. The number of amides is 3. The van der Waals surface area contributed by atoms with E-state index in [1.807, 2.05) is 0 Å². The van der Waals surface area contributed by atoms with Crippen molar-refractivity contribution in [3.8, 4) is 0 Å². The largest absolute Gasteiger partial charge is 0.467 e. The summed E-state index contributed by atoms with van der Waals surface area (Å²) in [5.74, 6) is -2.83. The van der Waals surface area contributed by atoms with Gasteiger partial charge in [0.1, 0.15) is 0 Å². The molecule has 10 heteroatoms. The Morgan fingerprint density at radius 1 is 1.14 bits per heavy atom. The minimum Gasteiger partial charge on any atom is -0.467 e. The van der Waals surface area contributed by atoms with Gasteiger partial charge in [-0.25, -0.2) is 9.00 Å². The van der Waals surface area contributed by atoms with E-state index >= 15 is 0 Å². The van der Waals surface area contributed by atoms with Crippen molar-refractivity contribution in [1.29, 1.82) is 0 Å². The molecule has 2 aliphatic rings. The van der Waals surface area contributed by atoms with Crippen molar-refractivity contribution in [3.05, 3.63) is 47.5 Å². The smallest absolute Gasteiger partial charge is 0.332 e. The first-order valence-corrected chi connectivity index (χ1v) is 9.37. The van der Waals surface area contributed by atoms with Crippen LogP contribution < -0.4 is 0 Å². The molecule has 148 valence electrons. The second kappa shape index (κ2) is 7.28. The second-order valence-electron chi connectivity index (χ2n) is 6.31. The predicted molar refractivity (Wildman–Crippen MR) is 97.1 cm³/mol. The minimum absolute atomic E-state index is 0.158. The monoisotopic (exact) mass is 406 g/mol. The molecule has 2 heterocycles. The maximum absolute atomic E-state index is 12.9. The van der Waals surface area contributed by atoms with Crippen molar-refractivity contribution >= 4 is 34.8 Å². The van der Waals surface area contributed by atoms with Gasteiger partial charge in [0.25, 0.3) is 17.7 Å². The number of nitrogens with zero attached hydrogens (tertiary/aromatic N) is 2. The van der Waals surface area contributed by atoms with Gasteiger partial charge in [-0.05, 0) is 24.6 Å². The van der Waals surface area contributed by atoms with E-state index in [0.29, 0.717) is 0 Å². The zero-order valence-corrected chi connectivity index (χ0v) is 16.2. The van der Waals surface area contributed by atoms with Crippen molar-refractivity contribution in [2.24, 2.45) is 0 Å². The molecule has 0 radical (unpaired) electrons. The van der Waals surface area contributed by atoms with Crippen molar-refractivity contribution in [2.45, 2.75) is 24.4 Å². The predicted octanol–water partition coefficient (Wildman–Crippen LogP) is 0.247. The topological polar surface area (TPSA) is 110 Å². The summed E-state index contributed by atoms with van der Waals surface area (Å²) >= 11 is -2.10. The number of β-lactam (4-membered cyclic amide) rings is 1. The van der Waals surface area contributed by atoms with Crippen LogP contribution in [-0.2, 0) is 29.6 Å². The summed E-state index contributed by atoms with van der Waals surface area (Å²) in [6.45, 7) is 5.20. The van der Waals surface area contributed by atoms with Gasteiger partial charge in [0, 0.05) is 0 Å². The number of fused-ring (bicyclic) bond motifs is 1. The molecule has 0 saturated carbocycles. The normalized spacial score (nSPS) is 23.2. The van der Waals surface area contributed by atoms with Gasteiger partial charge in [-0.3, -0.25) is 23.5 Å². The zero-order chi connectivity index (χ0) is 20.7. The highest BCUT2D eigenvalue weighted by Crippen LogP contribution is 2.37. The lowest BCUT2D eigenvalue weighted by Crippen LogP contribution is -2.76. The van der Waals surface area contributed by atoms with Crippen molar-refractivity contribution in [2.75, 3.05) is 14.2 Å². The molecule has 1 fully saturated rings. The van der Waals surface area contributed by atoms with E-state index in [-0.39, 0.29) is 16.7 Å². The first kappa shape index (κ1) is 19.9. The molecule has 0 aliphatic carbocycles. The summed E-state index contributed by atoms with van der Waals surface area (Å²) in [5.41, 5.74) is 0.592. The molecule has 4 atom stereocenters. The van der Waals surface area contributed by atoms with Gasteiger partial charge in [0.15, 0.2) is 28.5 Å². The first-order chi connectivity index (χ1) is 13.3. The summed E-state index contributed by atoms with van der Waals surface area (Å²) in [6, 6.07) is 3.57. The van der Waals surface area contributed by atoms with Crippen LogP contribution in [0.2, 0.25) is 0 Å². The Balaban J connectivity index is 2.01. The quantitative estimate of drug-likeness (QED) is 0.288. The van der Waals surface area contributed by atoms with E-state index < -0.39 is 52.2 Å². The fraction of sp³-hybridized carbons (Fsp3) is 0.333. The molecule has 0 aromatic heterocycles. The third kappa shape index (κ3) is 2.76. The number of hydrogen-bond donors (Lipinski definition) is 0. The molecular weight excluding hydrogens is 388 g/mol. The van der Waals surface area contributed by atoms with E-state index in [2.05, 4.69) is 6.58 Å². The Hall–Kier alpha value is -2.85. The number of esters is 1. The van der Waals surface area contributed by atoms with Crippen LogP contribution in [0.4, 0.5) is 0 Å². The fourth-order valence-electron chi connectivity index (χ4n) is 3.40. The molecule has 2 aliphatic heterocycles. The Morgan fingerprint density at radius 2 is 1.68 bits per heavy atom. The van der Waals surface area contributed by atoms with E-state index in [0.717, 1.165) is 24.0 Å². The number of ether oxygens (including phenoxy) is 1. The Morgan fingerprint density at radius 3 is 2.11 bits per heavy atom. The molecule has 3 amide bonds.